The van der Waals surface area contributed by atoms with Crippen LogP contribution in [-0.4, -0.2) is 29.5 Å². The summed E-state index contributed by atoms with van der Waals surface area (Å²) in [6, 6.07) is 5.96. The van der Waals surface area contributed by atoms with Crippen LogP contribution in [-0.2, 0) is 13.0 Å². The van der Waals surface area contributed by atoms with Crippen LogP contribution < -0.4 is 10.6 Å². The predicted molar refractivity (Wildman–Crippen MR) is 103 cm³/mol. The van der Waals surface area contributed by atoms with Gasteiger partial charge >= 0.3 is 0 Å². The molecular weight excluding hydrogens is 409 g/mol. The highest BCUT2D eigenvalue weighted by molar-refractivity contribution is 14.0. The minimum absolute atomic E-state index is 0. The monoisotopic (exact) mass is 431 g/mol. The van der Waals surface area contributed by atoms with Gasteiger partial charge in [-0.2, -0.15) is 0 Å². The third-order valence-electron chi connectivity index (χ3n) is 3.04. The molecule has 2 rings (SSSR count). The molecule has 0 spiro atoms. The first-order chi connectivity index (χ1) is 10.2. The summed E-state index contributed by atoms with van der Waals surface area (Å²) in [6.07, 6.45) is 2.69. The van der Waals surface area contributed by atoms with Crippen LogP contribution in [0.1, 0.15) is 21.3 Å². The fourth-order valence-corrected chi connectivity index (χ4v) is 2.85. The van der Waals surface area contributed by atoms with E-state index in [9.17, 15) is 0 Å². The molecular formula is C15H22IN5S. The molecule has 22 heavy (non-hydrogen) atoms. The Hall–Kier alpha value is -1.22. The van der Waals surface area contributed by atoms with Gasteiger partial charge in [-0.05, 0) is 26.0 Å². The Labute approximate surface area is 152 Å². The molecule has 0 bridgehead atoms. The van der Waals surface area contributed by atoms with Crippen LogP contribution in [0.2, 0.25) is 0 Å². The van der Waals surface area contributed by atoms with E-state index in [1.54, 1.807) is 18.4 Å². The number of guanidine groups is 1. The summed E-state index contributed by atoms with van der Waals surface area (Å²) in [7, 11) is 1.78. The summed E-state index contributed by atoms with van der Waals surface area (Å²) < 4.78 is 0. The van der Waals surface area contributed by atoms with Gasteiger partial charge in [0.15, 0.2) is 5.96 Å². The molecule has 0 amide bonds. The van der Waals surface area contributed by atoms with Gasteiger partial charge in [-0.3, -0.25) is 9.98 Å². The minimum Gasteiger partial charge on any atom is -0.356 e. The molecule has 0 aliphatic carbocycles. The number of aliphatic imine (C=N–C) groups is 1. The fraction of sp³-hybridized carbons (Fsp3) is 0.400. The Kier molecular flexibility index (Phi) is 8.32. The second-order valence-electron chi connectivity index (χ2n) is 4.67. The van der Waals surface area contributed by atoms with Crippen molar-refractivity contribution >= 4 is 41.3 Å². The van der Waals surface area contributed by atoms with E-state index in [1.807, 2.05) is 38.2 Å². The van der Waals surface area contributed by atoms with E-state index in [1.165, 1.54) is 4.88 Å². The molecule has 0 aliphatic heterocycles. The SMILES string of the molecule is CN=C(NCCc1ccccn1)NCc1sc(C)nc1C.I. The van der Waals surface area contributed by atoms with Crippen molar-refractivity contribution in [2.24, 2.45) is 4.99 Å². The van der Waals surface area contributed by atoms with Crippen LogP contribution in [0.4, 0.5) is 0 Å². The first kappa shape index (κ1) is 18.8. The van der Waals surface area contributed by atoms with Gasteiger partial charge in [-0.15, -0.1) is 35.3 Å². The van der Waals surface area contributed by atoms with Crippen molar-refractivity contribution in [1.29, 1.82) is 0 Å². The van der Waals surface area contributed by atoms with Crippen LogP contribution in [0.15, 0.2) is 29.4 Å². The van der Waals surface area contributed by atoms with Crippen molar-refractivity contribution < 1.29 is 0 Å². The topological polar surface area (TPSA) is 62.2 Å². The van der Waals surface area contributed by atoms with E-state index in [0.29, 0.717) is 0 Å². The largest absolute Gasteiger partial charge is 0.356 e. The van der Waals surface area contributed by atoms with E-state index in [0.717, 1.165) is 41.9 Å². The summed E-state index contributed by atoms with van der Waals surface area (Å²) in [5.74, 6) is 0.802. The maximum atomic E-state index is 4.43. The molecule has 0 aliphatic rings. The van der Waals surface area contributed by atoms with Crippen LogP contribution >= 0.6 is 35.3 Å². The molecule has 2 N–H and O–H groups in total. The van der Waals surface area contributed by atoms with Gasteiger partial charge in [0.25, 0.3) is 0 Å². The molecule has 7 heteroatoms. The first-order valence-electron chi connectivity index (χ1n) is 6.96. The number of hydrogen-bond donors (Lipinski definition) is 2. The highest BCUT2D eigenvalue weighted by atomic mass is 127. The Morgan fingerprint density at radius 3 is 2.68 bits per heavy atom. The number of nitrogens with one attached hydrogen (secondary N) is 2. The van der Waals surface area contributed by atoms with Gasteiger partial charge in [0, 0.05) is 36.8 Å². The van der Waals surface area contributed by atoms with Crippen molar-refractivity contribution in [2.75, 3.05) is 13.6 Å². The molecule has 120 valence electrons. The third kappa shape index (κ3) is 5.88. The maximum absolute atomic E-state index is 4.43. The highest BCUT2D eigenvalue weighted by Gasteiger charge is 2.05. The molecule has 0 aromatic carbocycles. The average Bonchev–Trinajstić information content (AvgIpc) is 2.81. The Balaban J connectivity index is 0.00000242. The molecule has 2 aromatic heterocycles. The van der Waals surface area contributed by atoms with Gasteiger partial charge in [0.05, 0.1) is 17.2 Å². The number of rotatable bonds is 5. The summed E-state index contributed by atoms with van der Waals surface area (Å²) in [4.78, 5) is 14.2. The minimum atomic E-state index is 0. The van der Waals surface area contributed by atoms with E-state index in [-0.39, 0.29) is 24.0 Å². The van der Waals surface area contributed by atoms with E-state index in [4.69, 9.17) is 0 Å². The number of aromatic nitrogens is 2. The molecule has 0 saturated carbocycles. The van der Waals surface area contributed by atoms with Gasteiger partial charge in [-0.1, -0.05) is 6.07 Å². The average molecular weight is 431 g/mol. The maximum Gasteiger partial charge on any atom is 0.191 e. The smallest absolute Gasteiger partial charge is 0.191 e. The molecule has 0 atom stereocenters. The number of hydrogen-bond acceptors (Lipinski definition) is 4. The normalized spacial score (nSPS) is 11.0. The zero-order valence-electron chi connectivity index (χ0n) is 13.1. The molecule has 0 unspecified atom stereocenters. The third-order valence-corrected chi connectivity index (χ3v) is 4.11. The van der Waals surface area contributed by atoms with Crippen LogP contribution in [0.5, 0.6) is 0 Å². The molecule has 0 fully saturated rings. The predicted octanol–water partition coefficient (Wildman–Crippen LogP) is 2.68. The van der Waals surface area contributed by atoms with Gasteiger partial charge in [0.1, 0.15) is 0 Å². The standard InChI is InChI=1S/C15H21N5S.HI/c1-11-14(21-12(2)20-11)10-19-15(16-3)18-9-7-13-6-4-5-8-17-13;/h4-6,8H,7,9-10H2,1-3H3,(H2,16,18,19);1H. The molecule has 5 nitrogen and oxygen atoms in total. The molecule has 0 saturated heterocycles. The van der Waals surface area contributed by atoms with Crippen LogP contribution in [0.25, 0.3) is 0 Å². The lowest BCUT2D eigenvalue weighted by molar-refractivity contribution is 0.786. The van der Waals surface area contributed by atoms with Gasteiger partial charge in [0.2, 0.25) is 0 Å². The molecule has 0 radical (unpaired) electrons. The zero-order chi connectivity index (χ0) is 15.1. The van der Waals surface area contributed by atoms with E-state index >= 15 is 0 Å². The summed E-state index contributed by atoms with van der Waals surface area (Å²) in [5.41, 5.74) is 2.17. The van der Waals surface area contributed by atoms with E-state index < -0.39 is 0 Å². The summed E-state index contributed by atoms with van der Waals surface area (Å²) >= 11 is 1.72. The molecule has 2 aromatic rings. The second kappa shape index (κ2) is 9.73. The number of nitrogens with zero attached hydrogens (tertiary/aromatic N) is 3. The summed E-state index contributed by atoms with van der Waals surface area (Å²) in [6.45, 7) is 5.62. The first-order valence-corrected chi connectivity index (χ1v) is 7.78. The van der Waals surface area contributed by atoms with Crippen LogP contribution in [0.3, 0.4) is 0 Å². The number of aryl methyl sites for hydroxylation is 2. The quantitative estimate of drug-likeness (QED) is 0.434. The Morgan fingerprint density at radius 2 is 2.09 bits per heavy atom. The highest BCUT2D eigenvalue weighted by Crippen LogP contribution is 2.16. The van der Waals surface area contributed by atoms with Crippen molar-refractivity contribution in [1.82, 2.24) is 20.6 Å². The van der Waals surface area contributed by atoms with E-state index in [2.05, 4.69) is 25.6 Å². The number of halogens is 1. The lowest BCUT2D eigenvalue weighted by atomic mass is 10.3. The lowest BCUT2D eigenvalue weighted by Gasteiger charge is -2.11. The summed E-state index contributed by atoms with van der Waals surface area (Å²) in [5, 5.41) is 7.71. The van der Waals surface area contributed by atoms with Crippen molar-refractivity contribution in [3.63, 3.8) is 0 Å². The van der Waals surface area contributed by atoms with Crippen molar-refractivity contribution in [3.8, 4) is 0 Å². The van der Waals surface area contributed by atoms with Crippen molar-refractivity contribution in [2.45, 2.75) is 26.8 Å². The van der Waals surface area contributed by atoms with Gasteiger partial charge < -0.3 is 10.6 Å². The fourth-order valence-electron chi connectivity index (χ4n) is 1.98. The molecule has 2 heterocycles. The number of pyridine rings is 1. The Bertz CT molecular complexity index is 597. The second-order valence-corrected chi connectivity index (χ2v) is 5.95. The van der Waals surface area contributed by atoms with Crippen LogP contribution in [0, 0.1) is 13.8 Å². The van der Waals surface area contributed by atoms with Crippen molar-refractivity contribution in [3.05, 3.63) is 45.7 Å². The zero-order valence-corrected chi connectivity index (χ0v) is 16.2. The lowest BCUT2D eigenvalue weighted by Crippen LogP contribution is -2.37. The van der Waals surface area contributed by atoms with Gasteiger partial charge in [-0.25, -0.2) is 4.98 Å². The number of thiazole rings is 1. The Morgan fingerprint density at radius 1 is 1.27 bits per heavy atom.